The Morgan fingerprint density at radius 3 is 2.59 bits per heavy atom. The first kappa shape index (κ1) is 19.1. The van der Waals surface area contributed by atoms with Crippen molar-refractivity contribution in [2.24, 2.45) is 0 Å². The van der Waals surface area contributed by atoms with Crippen molar-refractivity contribution in [3.05, 3.63) is 69.4 Å². The number of urea groups is 1. The van der Waals surface area contributed by atoms with Crippen LogP contribution >= 0.6 is 22.6 Å². The number of benzene rings is 2. The Labute approximate surface area is 165 Å². The zero-order chi connectivity index (χ0) is 19.4. The summed E-state index contributed by atoms with van der Waals surface area (Å²) in [4.78, 5) is 11.9. The second-order valence-corrected chi connectivity index (χ2v) is 6.79. The lowest BCUT2D eigenvalue weighted by Crippen LogP contribution is -2.35. The van der Waals surface area contributed by atoms with Gasteiger partial charge in [-0.3, -0.25) is 9.84 Å². The molecule has 0 aliphatic carbocycles. The largest absolute Gasteiger partial charge is 0.416 e. The van der Waals surface area contributed by atoms with Crippen LogP contribution in [-0.2, 0) is 12.7 Å². The second-order valence-electron chi connectivity index (χ2n) is 5.55. The number of carbonyl (C=O) groups excluding carboxylic acids is 1. The topological polar surface area (TPSA) is 71.0 Å². The van der Waals surface area contributed by atoms with E-state index in [0.717, 1.165) is 21.3 Å². The van der Waals surface area contributed by atoms with Crippen LogP contribution in [0.3, 0.4) is 0 Å². The number of rotatable bonds is 4. The second kappa shape index (κ2) is 7.94. The van der Waals surface area contributed by atoms with Gasteiger partial charge in [0.05, 0.1) is 5.56 Å². The van der Waals surface area contributed by atoms with E-state index in [0.29, 0.717) is 6.54 Å². The number of anilines is 2. The van der Waals surface area contributed by atoms with E-state index in [-0.39, 0.29) is 11.6 Å². The number of alkyl halides is 3. The Kier molecular flexibility index (Phi) is 5.63. The molecule has 2 N–H and O–H groups in total. The molecule has 0 aliphatic rings. The Bertz CT molecular complexity index is 942. The third-order valence-electron chi connectivity index (χ3n) is 3.45. The standard InChI is InChI=1S/C17H12F3IN4O2/c18-17(19,20)12-2-1-3-14(8-12)22-16(26)23-15-10-25(24-27-15)9-11-4-6-13(21)7-5-11/h1-8,10H,9H2,(H-,22,23,24,26)/p+1. The SMILES string of the molecule is O=C(Nc1cccc(C(F)(F)F)c1)Nc1c[n+](Cc2ccc(I)cc2)no1. The van der Waals surface area contributed by atoms with Crippen molar-refractivity contribution < 1.29 is 27.2 Å². The monoisotopic (exact) mass is 489 g/mol. The van der Waals surface area contributed by atoms with Crippen molar-refractivity contribution in [2.45, 2.75) is 12.7 Å². The molecule has 0 spiro atoms. The van der Waals surface area contributed by atoms with E-state index < -0.39 is 17.8 Å². The van der Waals surface area contributed by atoms with Gasteiger partial charge in [-0.15, -0.1) is 0 Å². The highest BCUT2D eigenvalue weighted by Gasteiger charge is 2.30. The van der Waals surface area contributed by atoms with Crippen molar-refractivity contribution in [2.75, 3.05) is 10.6 Å². The summed E-state index contributed by atoms with van der Waals surface area (Å²) in [5.41, 5.74) is 0.151. The minimum absolute atomic E-state index is 0.00797. The van der Waals surface area contributed by atoms with Crippen LogP contribution in [0.4, 0.5) is 29.5 Å². The fourth-order valence-corrected chi connectivity index (χ4v) is 2.59. The van der Waals surface area contributed by atoms with E-state index in [1.807, 2.05) is 24.3 Å². The molecular weight excluding hydrogens is 476 g/mol. The van der Waals surface area contributed by atoms with E-state index in [1.54, 1.807) is 0 Å². The molecule has 27 heavy (non-hydrogen) atoms. The first-order valence-electron chi connectivity index (χ1n) is 7.66. The van der Waals surface area contributed by atoms with E-state index >= 15 is 0 Å². The number of hydrogen-bond acceptors (Lipinski definition) is 3. The molecule has 0 saturated carbocycles. The highest BCUT2D eigenvalue weighted by molar-refractivity contribution is 14.1. The van der Waals surface area contributed by atoms with Gasteiger partial charge in [0.15, 0.2) is 0 Å². The molecule has 0 saturated heterocycles. The number of aromatic nitrogens is 2. The highest BCUT2D eigenvalue weighted by atomic mass is 127. The zero-order valence-electron chi connectivity index (χ0n) is 13.6. The third kappa shape index (κ3) is 5.42. The van der Waals surface area contributed by atoms with Gasteiger partial charge in [0.1, 0.15) is 0 Å². The average Bonchev–Trinajstić information content (AvgIpc) is 3.03. The third-order valence-corrected chi connectivity index (χ3v) is 4.17. The highest BCUT2D eigenvalue weighted by Crippen LogP contribution is 2.30. The maximum Gasteiger partial charge on any atom is 0.416 e. The normalized spacial score (nSPS) is 11.3. The van der Waals surface area contributed by atoms with Gasteiger partial charge >= 0.3 is 18.1 Å². The quantitative estimate of drug-likeness (QED) is 0.425. The van der Waals surface area contributed by atoms with Gasteiger partial charge in [-0.2, -0.15) is 13.2 Å². The van der Waals surface area contributed by atoms with Crippen molar-refractivity contribution in [3.63, 3.8) is 0 Å². The summed E-state index contributed by atoms with van der Waals surface area (Å²) in [6.45, 7) is 0.442. The van der Waals surface area contributed by atoms with E-state index in [9.17, 15) is 18.0 Å². The summed E-state index contributed by atoms with van der Waals surface area (Å²) in [5.74, 6) is 0.0602. The van der Waals surface area contributed by atoms with Crippen molar-refractivity contribution in [1.29, 1.82) is 0 Å². The van der Waals surface area contributed by atoms with E-state index in [2.05, 4.69) is 38.5 Å². The van der Waals surface area contributed by atoms with Crippen LogP contribution in [0.2, 0.25) is 0 Å². The molecule has 3 aromatic rings. The predicted molar refractivity (Wildman–Crippen MR) is 99.0 cm³/mol. The first-order valence-corrected chi connectivity index (χ1v) is 8.73. The number of halogens is 4. The fraction of sp³-hybridized carbons (Fsp3) is 0.118. The molecule has 0 unspecified atom stereocenters. The van der Waals surface area contributed by atoms with Crippen molar-refractivity contribution in [3.8, 4) is 0 Å². The minimum atomic E-state index is -4.49. The molecule has 0 fully saturated rings. The number of amides is 2. The number of carbonyl (C=O) groups is 1. The summed E-state index contributed by atoms with van der Waals surface area (Å²) >= 11 is 2.20. The van der Waals surface area contributed by atoms with E-state index in [4.69, 9.17) is 4.52 Å². The molecule has 1 heterocycles. The molecular formula is C17H13F3IN4O2+. The van der Waals surface area contributed by atoms with Crippen LogP contribution in [-0.4, -0.2) is 11.3 Å². The fourth-order valence-electron chi connectivity index (χ4n) is 2.23. The van der Waals surface area contributed by atoms with Gasteiger partial charge in [-0.05, 0) is 57.6 Å². The molecule has 0 atom stereocenters. The smallest absolute Gasteiger partial charge is 0.308 e. The predicted octanol–water partition coefficient (Wildman–Crippen LogP) is 4.28. The van der Waals surface area contributed by atoms with Crippen LogP contribution < -0.4 is 15.3 Å². The summed E-state index contributed by atoms with van der Waals surface area (Å²) < 4.78 is 45.7. The molecule has 2 amide bonds. The molecule has 6 nitrogen and oxygen atoms in total. The molecule has 2 aromatic carbocycles. The summed E-state index contributed by atoms with van der Waals surface area (Å²) in [6, 6.07) is 11.4. The molecule has 0 bridgehead atoms. The molecule has 140 valence electrons. The summed E-state index contributed by atoms with van der Waals surface area (Å²) in [5, 5.41) is 8.49. The van der Waals surface area contributed by atoms with Gasteiger partial charge in [0, 0.05) is 14.8 Å². The van der Waals surface area contributed by atoms with Crippen molar-refractivity contribution in [1.82, 2.24) is 5.27 Å². The van der Waals surface area contributed by atoms with Gasteiger partial charge in [0.2, 0.25) is 11.8 Å². The molecule has 0 radical (unpaired) electrons. The van der Waals surface area contributed by atoms with Gasteiger partial charge in [-0.1, -0.05) is 18.2 Å². The lowest BCUT2D eigenvalue weighted by Gasteiger charge is -2.09. The molecule has 0 aliphatic heterocycles. The molecule has 10 heteroatoms. The zero-order valence-corrected chi connectivity index (χ0v) is 15.8. The van der Waals surface area contributed by atoms with Crippen LogP contribution in [0.5, 0.6) is 0 Å². The van der Waals surface area contributed by atoms with E-state index in [1.165, 1.54) is 23.0 Å². The average molecular weight is 489 g/mol. The van der Waals surface area contributed by atoms with Crippen LogP contribution in [0, 0.1) is 3.57 Å². The Balaban J connectivity index is 1.60. The van der Waals surface area contributed by atoms with Crippen LogP contribution in [0.25, 0.3) is 0 Å². The lowest BCUT2D eigenvalue weighted by molar-refractivity contribution is -0.754. The Hall–Kier alpha value is -2.63. The lowest BCUT2D eigenvalue weighted by atomic mass is 10.2. The van der Waals surface area contributed by atoms with Gasteiger partial charge in [-0.25, -0.2) is 4.79 Å². The maximum absolute atomic E-state index is 12.7. The summed E-state index contributed by atoms with van der Waals surface area (Å²) in [7, 11) is 0. The first-order chi connectivity index (χ1) is 12.8. The minimum Gasteiger partial charge on any atom is -0.308 e. The van der Waals surface area contributed by atoms with Gasteiger partial charge in [0.25, 0.3) is 6.20 Å². The molecule has 1 aromatic heterocycles. The molecule has 3 rings (SSSR count). The Morgan fingerprint density at radius 1 is 1.15 bits per heavy atom. The van der Waals surface area contributed by atoms with Crippen LogP contribution in [0.1, 0.15) is 11.1 Å². The number of nitrogens with zero attached hydrogens (tertiary/aromatic N) is 2. The Morgan fingerprint density at radius 2 is 1.89 bits per heavy atom. The van der Waals surface area contributed by atoms with Gasteiger partial charge < -0.3 is 5.32 Å². The van der Waals surface area contributed by atoms with Crippen molar-refractivity contribution >= 4 is 40.2 Å². The van der Waals surface area contributed by atoms with Crippen LogP contribution in [0.15, 0.2) is 59.3 Å². The number of hydrogen-bond donors (Lipinski definition) is 2. The maximum atomic E-state index is 12.7. The number of nitrogens with one attached hydrogen (secondary N) is 2. The summed E-state index contributed by atoms with van der Waals surface area (Å²) in [6.07, 6.45) is -3.01.